The molecule has 1 nitrogen and oxygen atoms in total. The Bertz CT molecular complexity index is 548. The Morgan fingerprint density at radius 3 is 2.21 bits per heavy atom. The molecule has 0 spiro atoms. The van der Waals surface area contributed by atoms with Crippen LogP contribution < -0.4 is 5.73 Å². The molecule has 1 unspecified atom stereocenters. The molecule has 1 atom stereocenters. The number of hydrogen-bond donors (Lipinski definition) is 1. The number of halogens is 4. The highest BCUT2D eigenvalue weighted by atomic mass is 79.9. The Kier molecular flexibility index (Phi) is 4.32. The lowest BCUT2D eigenvalue weighted by molar-refractivity contribution is -0.137. The van der Waals surface area contributed by atoms with Gasteiger partial charge in [0.2, 0.25) is 0 Å². The second-order valence-corrected chi connectivity index (χ2v) is 6.64. The Labute approximate surface area is 121 Å². The van der Waals surface area contributed by atoms with Gasteiger partial charge in [0.15, 0.2) is 0 Å². The van der Waals surface area contributed by atoms with Crippen LogP contribution in [0.2, 0.25) is 0 Å². The van der Waals surface area contributed by atoms with Crippen LogP contribution in [0.4, 0.5) is 13.2 Å². The molecule has 1 aromatic heterocycles. The Morgan fingerprint density at radius 2 is 1.74 bits per heavy atom. The van der Waals surface area contributed by atoms with E-state index in [9.17, 15) is 13.2 Å². The molecule has 0 saturated carbocycles. The van der Waals surface area contributed by atoms with Gasteiger partial charge in [0.1, 0.15) is 0 Å². The fraction of sp³-hybridized carbons (Fsp3) is 0.231. The maximum atomic E-state index is 12.4. The first-order valence-electron chi connectivity index (χ1n) is 5.53. The molecule has 1 heterocycles. The quantitative estimate of drug-likeness (QED) is 0.848. The van der Waals surface area contributed by atoms with Crippen LogP contribution in [0.1, 0.15) is 22.0 Å². The van der Waals surface area contributed by atoms with Crippen molar-refractivity contribution in [1.82, 2.24) is 0 Å². The fourth-order valence-corrected chi connectivity index (χ4v) is 3.14. The average molecular weight is 350 g/mol. The summed E-state index contributed by atoms with van der Waals surface area (Å²) < 4.78 is 38.3. The first-order chi connectivity index (χ1) is 8.86. The highest BCUT2D eigenvalue weighted by molar-refractivity contribution is 9.11. The van der Waals surface area contributed by atoms with Crippen molar-refractivity contribution in [1.29, 1.82) is 0 Å². The molecule has 2 rings (SSSR count). The molecule has 0 aliphatic rings. The molecule has 0 aliphatic heterocycles. The van der Waals surface area contributed by atoms with Gasteiger partial charge >= 0.3 is 6.18 Å². The van der Waals surface area contributed by atoms with Crippen LogP contribution in [-0.4, -0.2) is 0 Å². The summed E-state index contributed by atoms with van der Waals surface area (Å²) in [7, 11) is 0. The van der Waals surface area contributed by atoms with Crippen molar-refractivity contribution in [3.63, 3.8) is 0 Å². The maximum absolute atomic E-state index is 12.4. The standard InChI is InChI=1S/C13H11BrF3NS/c14-12-6-5-11(19-12)10(18)7-8-1-3-9(4-2-8)13(15,16)17/h1-6,10H,7,18H2. The van der Waals surface area contributed by atoms with E-state index >= 15 is 0 Å². The highest BCUT2D eigenvalue weighted by Gasteiger charge is 2.29. The average Bonchev–Trinajstić information content (AvgIpc) is 2.75. The summed E-state index contributed by atoms with van der Waals surface area (Å²) in [5.74, 6) is 0. The molecular formula is C13H11BrF3NS. The summed E-state index contributed by atoms with van der Waals surface area (Å²) in [6, 6.07) is 8.76. The van der Waals surface area contributed by atoms with Gasteiger partial charge in [-0.2, -0.15) is 13.2 Å². The van der Waals surface area contributed by atoms with Crippen molar-refractivity contribution in [3.05, 3.63) is 56.2 Å². The summed E-state index contributed by atoms with van der Waals surface area (Å²) in [6.45, 7) is 0. The van der Waals surface area contributed by atoms with E-state index in [2.05, 4.69) is 15.9 Å². The van der Waals surface area contributed by atoms with E-state index in [1.54, 1.807) is 0 Å². The molecule has 102 valence electrons. The third-order valence-electron chi connectivity index (χ3n) is 2.70. The lowest BCUT2D eigenvalue weighted by atomic mass is 10.0. The van der Waals surface area contributed by atoms with Gasteiger partial charge in [-0.05, 0) is 52.2 Å². The zero-order valence-corrected chi connectivity index (χ0v) is 12.1. The largest absolute Gasteiger partial charge is 0.416 e. The van der Waals surface area contributed by atoms with Crippen LogP contribution in [0.15, 0.2) is 40.2 Å². The number of hydrogen-bond acceptors (Lipinski definition) is 2. The molecule has 0 bridgehead atoms. The minimum absolute atomic E-state index is 0.201. The second kappa shape index (κ2) is 5.64. The van der Waals surface area contributed by atoms with Gasteiger partial charge in [0.25, 0.3) is 0 Å². The SMILES string of the molecule is NC(Cc1ccc(C(F)(F)F)cc1)c1ccc(Br)s1. The summed E-state index contributed by atoms with van der Waals surface area (Å²) >= 11 is 4.89. The van der Waals surface area contributed by atoms with Crippen LogP contribution >= 0.6 is 27.3 Å². The zero-order chi connectivity index (χ0) is 14.0. The van der Waals surface area contributed by atoms with E-state index in [1.165, 1.54) is 23.5 Å². The van der Waals surface area contributed by atoms with Gasteiger partial charge in [-0.3, -0.25) is 0 Å². The van der Waals surface area contributed by atoms with Gasteiger partial charge < -0.3 is 5.73 Å². The molecular weight excluding hydrogens is 339 g/mol. The monoisotopic (exact) mass is 349 g/mol. The van der Waals surface area contributed by atoms with Gasteiger partial charge in [-0.15, -0.1) is 11.3 Å². The van der Waals surface area contributed by atoms with Crippen LogP contribution in [0.3, 0.4) is 0 Å². The minimum atomic E-state index is -4.29. The first kappa shape index (κ1) is 14.6. The fourth-order valence-electron chi connectivity index (χ4n) is 1.71. The lowest BCUT2D eigenvalue weighted by Gasteiger charge is -2.11. The number of alkyl halides is 3. The van der Waals surface area contributed by atoms with E-state index in [-0.39, 0.29) is 6.04 Å². The van der Waals surface area contributed by atoms with Gasteiger partial charge in [-0.25, -0.2) is 0 Å². The second-order valence-electron chi connectivity index (χ2n) is 4.15. The predicted molar refractivity (Wildman–Crippen MR) is 74.1 cm³/mol. The van der Waals surface area contributed by atoms with E-state index in [4.69, 9.17) is 5.73 Å². The third kappa shape index (κ3) is 3.81. The minimum Gasteiger partial charge on any atom is -0.323 e. The number of benzene rings is 1. The normalized spacial score (nSPS) is 13.5. The number of rotatable bonds is 3. The van der Waals surface area contributed by atoms with E-state index in [0.717, 1.165) is 26.4 Å². The van der Waals surface area contributed by atoms with Crippen LogP contribution in [0, 0.1) is 0 Å². The van der Waals surface area contributed by atoms with Crippen LogP contribution in [0.5, 0.6) is 0 Å². The van der Waals surface area contributed by atoms with Crippen molar-refractivity contribution in [2.75, 3.05) is 0 Å². The predicted octanol–water partition coefficient (Wildman–Crippen LogP) is 4.77. The molecule has 1 aromatic carbocycles. The van der Waals surface area contributed by atoms with E-state index in [1.807, 2.05) is 12.1 Å². The number of nitrogens with two attached hydrogens (primary N) is 1. The van der Waals surface area contributed by atoms with Crippen molar-refractivity contribution in [2.45, 2.75) is 18.6 Å². The Hall–Kier alpha value is -0.850. The molecule has 0 radical (unpaired) electrons. The third-order valence-corrected chi connectivity index (χ3v) is 4.45. The summed E-state index contributed by atoms with van der Waals surface area (Å²) in [6.07, 6.45) is -3.77. The smallest absolute Gasteiger partial charge is 0.323 e. The van der Waals surface area contributed by atoms with Crippen molar-refractivity contribution < 1.29 is 13.2 Å². The molecule has 2 N–H and O–H groups in total. The summed E-state index contributed by atoms with van der Waals surface area (Å²) in [5.41, 5.74) is 6.19. The molecule has 0 amide bonds. The Morgan fingerprint density at radius 1 is 1.11 bits per heavy atom. The Balaban J connectivity index is 2.07. The molecule has 19 heavy (non-hydrogen) atoms. The zero-order valence-electron chi connectivity index (χ0n) is 9.75. The van der Waals surface area contributed by atoms with Gasteiger partial charge in [0.05, 0.1) is 9.35 Å². The topological polar surface area (TPSA) is 26.0 Å². The first-order valence-corrected chi connectivity index (χ1v) is 7.14. The van der Waals surface area contributed by atoms with Gasteiger partial charge in [0, 0.05) is 10.9 Å². The number of thiophene rings is 1. The molecule has 0 saturated heterocycles. The van der Waals surface area contributed by atoms with Crippen LogP contribution in [0.25, 0.3) is 0 Å². The lowest BCUT2D eigenvalue weighted by Crippen LogP contribution is -2.12. The van der Waals surface area contributed by atoms with E-state index in [0.29, 0.717) is 6.42 Å². The summed E-state index contributed by atoms with van der Waals surface area (Å²) in [5, 5.41) is 0. The molecule has 0 fully saturated rings. The van der Waals surface area contributed by atoms with Crippen molar-refractivity contribution in [2.24, 2.45) is 5.73 Å². The molecule has 0 aliphatic carbocycles. The van der Waals surface area contributed by atoms with Crippen LogP contribution in [-0.2, 0) is 12.6 Å². The molecule has 6 heteroatoms. The highest BCUT2D eigenvalue weighted by Crippen LogP contribution is 2.31. The van der Waals surface area contributed by atoms with E-state index < -0.39 is 11.7 Å². The van der Waals surface area contributed by atoms with Crippen molar-refractivity contribution in [3.8, 4) is 0 Å². The molecule has 2 aromatic rings. The van der Waals surface area contributed by atoms with Gasteiger partial charge in [-0.1, -0.05) is 12.1 Å². The summed E-state index contributed by atoms with van der Waals surface area (Å²) in [4.78, 5) is 1.01. The van der Waals surface area contributed by atoms with Crippen molar-refractivity contribution >= 4 is 27.3 Å². The maximum Gasteiger partial charge on any atom is 0.416 e.